The number of hydrogen-bond donors (Lipinski definition) is 0. The summed E-state index contributed by atoms with van der Waals surface area (Å²) in [6, 6.07) is 16.9. The van der Waals surface area contributed by atoms with E-state index in [4.69, 9.17) is 4.74 Å². The first-order valence-corrected chi connectivity index (χ1v) is 7.51. The monoisotopic (exact) mass is 281 g/mol. The highest BCUT2D eigenvalue weighted by Gasteiger charge is 2.13. The van der Waals surface area contributed by atoms with Gasteiger partial charge in [-0.25, -0.2) is 0 Å². The highest BCUT2D eigenvalue weighted by molar-refractivity contribution is 5.44. The van der Waals surface area contributed by atoms with Crippen LogP contribution >= 0.6 is 0 Å². The molecule has 0 fully saturated rings. The van der Waals surface area contributed by atoms with Crippen LogP contribution in [0.1, 0.15) is 50.3 Å². The molecule has 0 heterocycles. The fourth-order valence-corrected chi connectivity index (χ4v) is 2.73. The molecule has 0 bridgehead atoms. The van der Waals surface area contributed by atoms with Gasteiger partial charge in [0.1, 0.15) is 5.75 Å². The topological polar surface area (TPSA) is 9.23 Å². The van der Waals surface area contributed by atoms with Crippen molar-refractivity contribution in [2.45, 2.75) is 39.0 Å². The van der Waals surface area contributed by atoms with Crippen molar-refractivity contribution >= 4 is 0 Å². The number of ether oxygens (including phenoxy) is 1. The van der Waals surface area contributed by atoms with Crippen LogP contribution in [0.3, 0.4) is 0 Å². The van der Waals surface area contributed by atoms with E-state index in [2.05, 4.69) is 70.5 Å². The molecule has 2 aromatic rings. The van der Waals surface area contributed by atoms with Gasteiger partial charge in [-0.3, -0.25) is 0 Å². The number of methoxy groups -OCH3 is 1. The van der Waals surface area contributed by atoms with E-state index >= 15 is 0 Å². The lowest BCUT2D eigenvalue weighted by Gasteiger charge is -2.32. The lowest BCUT2D eigenvalue weighted by Crippen LogP contribution is -2.14. The van der Waals surface area contributed by atoms with Gasteiger partial charge in [-0.1, -0.05) is 57.4 Å². The van der Waals surface area contributed by atoms with E-state index in [1.54, 1.807) is 7.11 Å². The lowest BCUT2D eigenvalue weighted by atomic mass is 9.80. The Morgan fingerprint density at radius 3 is 2.24 bits per heavy atom. The number of rotatable bonds is 4. The Balaban J connectivity index is 2.30. The van der Waals surface area contributed by atoms with Gasteiger partial charge in [-0.05, 0) is 17.5 Å². The molecule has 21 heavy (non-hydrogen) atoms. The van der Waals surface area contributed by atoms with Gasteiger partial charge in [-0.15, -0.1) is 17.7 Å². The predicted molar refractivity (Wildman–Crippen MR) is 90.0 cm³/mol. The SMILES string of the molecule is COc1ccccc1C(C)[CH-]c1ccccc1C(C)(C)C. The van der Waals surface area contributed by atoms with Gasteiger partial charge >= 0.3 is 0 Å². The molecule has 0 aromatic heterocycles. The molecule has 0 spiro atoms. The van der Waals surface area contributed by atoms with E-state index in [-0.39, 0.29) is 5.41 Å². The van der Waals surface area contributed by atoms with Crippen molar-refractivity contribution in [2.24, 2.45) is 0 Å². The Kier molecular flexibility index (Phi) is 4.62. The van der Waals surface area contributed by atoms with Gasteiger partial charge in [0.15, 0.2) is 0 Å². The third kappa shape index (κ3) is 3.60. The highest BCUT2D eigenvalue weighted by atomic mass is 16.5. The molecule has 1 nitrogen and oxygen atoms in total. The Morgan fingerprint density at radius 2 is 1.57 bits per heavy atom. The molecule has 0 saturated heterocycles. The summed E-state index contributed by atoms with van der Waals surface area (Å²) in [4.78, 5) is 0. The first kappa shape index (κ1) is 15.5. The van der Waals surface area contributed by atoms with E-state index in [0.29, 0.717) is 5.92 Å². The van der Waals surface area contributed by atoms with Crippen molar-refractivity contribution in [3.63, 3.8) is 0 Å². The van der Waals surface area contributed by atoms with Crippen LogP contribution in [0.5, 0.6) is 5.75 Å². The van der Waals surface area contributed by atoms with Crippen LogP contribution in [-0.2, 0) is 5.41 Å². The van der Waals surface area contributed by atoms with Crippen molar-refractivity contribution in [1.82, 2.24) is 0 Å². The minimum absolute atomic E-state index is 0.146. The van der Waals surface area contributed by atoms with E-state index in [0.717, 1.165) is 5.75 Å². The zero-order valence-electron chi connectivity index (χ0n) is 13.7. The Morgan fingerprint density at radius 1 is 0.952 bits per heavy atom. The van der Waals surface area contributed by atoms with Gasteiger partial charge in [0.2, 0.25) is 0 Å². The first-order chi connectivity index (χ1) is 9.93. The molecule has 0 aliphatic rings. The summed E-state index contributed by atoms with van der Waals surface area (Å²) in [5, 5.41) is 0. The number of hydrogen-bond acceptors (Lipinski definition) is 1. The Bertz CT molecular complexity index is 593. The summed E-state index contributed by atoms with van der Waals surface area (Å²) in [6.45, 7) is 8.99. The fourth-order valence-electron chi connectivity index (χ4n) is 2.73. The zero-order chi connectivity index (χ0) is 15.5. The van der Waals surface area contributed by atoms with Crippen molar-refractivity contribution in [3.05, 3.63) is 71.6 Å². The van der Waals surface area contributed by atoms with Crippen molar-refractivity contribution in [3.8, 4) is 5.75 Å². The second-order valence-electron chi connectivity index (χ2n) is 6.53. The summed E-state index contributed by atoms with van der Waals surface area (Å²) in [6.07, 6.45) is 2.33. The molecule has 2 aromatic carbocycles. The molecule has 0 aliphatic heterocycles. The highest BCUT2D eigenvalue weighted by Crippen LogP contribution is 2.33. The quantitative estimate of drug-likeness (QED) is 0.686. The minimum atomic E-state index is 0.146. The summed E-state index contributed by atoms with van der Waals surface area (Å²) in [5.41, 5.74) is 4.06. The van der Waals surface area contributed by atoms with E-state index in [9.17, 15) is 0 Å². The molecule has 0 N–H and O–H groups in total. The molecule has 0 aliphatic carbocycles. The summed E-state index contributed by atoms with van der Waals surface area (Å²) in [5.74, 6) is 1.26. The molecule has 1 atom stereocenters. The van der Waals surface area contributed by atoms with Crippen molar-refractivity contribution < 1.29 is 4.74 Å². The molecule has 2 rings (SSSR count). The third-order valence-corrected chi connectivity index (χ3v) is 3.83. The van der Waals surface area contributed by atoms with Crippen LogP contribution in [-0.4, -0.2) is 7.11 Å². The average Bonchev–Trinajstić information content (AvgIpc) is 2.46. The number of para-hydroxylation sites is 1. The summed E-state index contributed by atoms with van der Waals surface area (Å²) in [7, 11) is 1.73. The van der Waals surface area contributed by atoms with Crippen LogP contribution in [0.2, 0.25) is 0 Å². The molecule has 112 valence electrons. The van der Waals surface area contributed by atoms with Gasteiger partial charge in [0, 0.05) is 0 Å². The molecular formula is C20H25O-. The third-order valence-electron chi connectivity index (χ3n) is 3.83. The maximum atomic E-state index is 5.48. The van der Waals surface area contributed by atoms with Crippen molar-refractivity contribution in [1.29, 1.82) is 0 Å². The van der Waals surface area contributed by atoms with E-state index in [1.165, 1.54) is 16.7 Å². The predicted octanol–water partition coefficient (Wildman–Crippen LogP) is 5.35. The second kappa shape index (κ2) is 6.26. The van der Waals surface area contributed by atoms with E-state index < -0.39 is 0 Å². The maximum absolute atomic E-state index is 5.48. The van der Waals surface area contributed by atoms with Gasteiger partial charge in [-0.2, -0.15) is 18.1 Å². The molecule has 0 radical (unpaired) electrons. The molecule has 0 amide bonds. The average molecular weight is 281 g/mol. The Labute approximate surface area is 129 Å². The van der Waals surface area contributed by atoms with Crippen LogP contribution in [0, 0.1) is 6.42 Å². The van der Waals surface area contributed by atoms with Gasteiger partial charge < -0.3 is 4.74 Å². The minimum Gasteiger partial charge on any atom is -0.496 e. The normalized spacial score (nSPS) is 12.8. The number of benzene rings is 2. The summed E-state index contributed by atoms with van der Waals surface area (Å²) < 4.78 is 5.48. The largest absolute Gasteiger partial charge is 0.496 e. The van der Waals surface area contributed by atoms with Crippen molar-refractivity contribution in [2.75, 3.05) is 7.11 Å². The Hall–Kier alpha value is -1.89. The second-order valence-corrected chi connectivity index (χ2v) is 6.53. The van der Waals surface area contributed by atoms with Crippen LogP contribution in [0.25, 0.3) is 0 Å². The molecule has 1 unspecified atom stereocenters. The fraction of sp³-hybridized carbons (Fsp3) is 0.350. The van der Waals surface area contributed by atoms with E-state index in [1.807, 2.05) is 12.1 Å². The van der Waals surface area contributed by atoms with Crippen LogP contribution in [0.4, 0.5) is 0 Å². The van der Waals surface area contributed by atoms with Gasteiger partial charge in [0.05, 0.1) is 7.11 Å². The first-order valence-electron chi connectivity index (χ1n) is 7.51. The molecular weight excluding hydrogens is 256 g/mol. The van der Waals surface area contributed by atoms with Crippen LogP contribution < -0.4 is 4.74 Å². The summed E-state index contributed by atoms with van der Waals surface area (Å²) >= 11 is 0. The standard InChI is InChI=1S/C20H25O/c1-15(17-11-7-9-13-19(17)21-5)14-16-10-6-8-12-18(16)20(2,3)4/h6-15H,1-5H3/q-1. The molecule has 1 heteroatoms. The smallest absolute Gasteiger partial charge is 0.121 e. The maximum Gasteiger partial charge on any atom is 0.121 e. The lowest BCUT2D eigenvalue weighted by molar-refractivity contribution is 0.408. The van der Waals surface area contributed by atoms with Crippen LogP contribution in [0.15, 0.2) is 48.5 Å². The zero-order valence-corrected chi connectivity index (χ0v) is 13.7. The van der Waals surface area contributed by atoms with Gasteiger partial charge in [0.25, 0.3) is 0 Å². The molecule has 0 saturated carbocycles.